The Hall–Kier alpha value is -1.38. The zero-order chi connectivity index (χ0) is 14.0. The highest BCUT2D eigenvalue weighted by atomic mass is 32.1. The number of rotatable bonds is 3. The number of fused-ring (bicyclic) bond motifs is 1. The van der Waals surface area contributed by atoms with Crippen LogP contribution in [0, 0.1) is 11.3 Å². The normalized spacial score (nSPS) is 15.1. The quantitative estimate of drug-likeness (QED) is 0.924. The summed E-state index contributed by atoms with van der Waals surface area (Å²) in [6, 6.07) is 2.76. The van der Waals surface area contributed by atoms with E-state index in [1.54, 1.807) is 11.3 Å². The van der Waals surface area contributed by atoms with Gasteiger partial charge < -0.3 is 5.32 Å². The number of carbonyl (C=O) groups is 1. The maximum absolute atomic E-state index is 11.5. The van der Waals surface area contributed by atoms with Gasteiger partial charge in [-0.25, -0.2) is 0 Å². The highest BCUT2D eigenvalue weighted by Gasteiger charge is 2.25. The van der Waals surface area contributed by atoms with E-state index in [1.807, 2.05) is 6.92 Å². The molecule has 102 valence electrons. The molecule has 0 saturated heterocycles. The Kier molecular flexibility index (Phi) is 4.23. The highest BCUT2D eigenvalue weighted by molar-refractivity contribution is 7.16. The lowest BCUT2D eigenvalue weighted by atomic mass is 10.0. The summed E-state index contributed by atoms with van der Waals surface area (Å²) in [4.78, 5) is 15.1. The van der Waals surface area contributed by atoms with Crippen LogP contribution < -0.4 is 5.32 Å². The fourth-order valence-electron chi connectivity index (χ4n) is 2.29. The van der Waals surface area contributed by atoms with Crippen molar-refractivity contribution in [2.75, 3.05) is 11.9 Å². The van der Waals surface area contributed by atoms with E-state index in [-0.39, 0.29) is 5.91 Å². The van der Waals surface area contributed by atoms with Crippen LogP contribution in [0.5, 0.6) is 0 Å². The molecular formula is C14H19N3OS. The Morgan fingerprint density at radius 1 is 1.58 bits per heavy atom. The Bertz CT molecular complexity index is 528. The lowest BCUT2D eigenvalue weighted by molar-refractivity contribution is -0.115. The van der Waals surface area contributed by atoms with E-state index in [0.29, 0.717) is 18.0 Å². The lowest BCUT2D eigenvalue weighted by Gasteiger charge is -2.30. The molecule has 1 aromatic rings. The van der Waals surface area contributed by atoms with Gasteiger partial charge in [0.25, 0.3) is 0 Å². The van der Waals surface area contributed by atoms with Crippen LogP contribution in [0.15, 0.2) is 0 Å². The van der Waals surface area contributed by atoms with Crippen molar-refractivity contribution in [1.82, 2.24) is 4.90 Å². The molecule has 0 bridgehead atoms. The Morgan fingerprint density at radius 3 is 2.89 bits per heavy atom. The molecule has 0 atom stereocenters. The van der Waals surface area contributed by atoms with Crippen molar-refractivity contribution < 1.29 is 4.79 Å². The van der Waals surface area contributed by atoms with Crippen LogP contribution in [0.3, 0.4) is 0 Å². The number of amides is 1. The maximum atomic E-state index is 11.5. The number of nitriles is 1. The summed E-state index contributed by atoms with van der Waals surface area (Å²) in [6.07, 6.45) is 1.33. The second kappa shape index (κ2) is 5.72. The lowest BCUT2D eigenvalue weighted by Crippen LogP contribution is -2.35. The van der Waals surface area contributed by atoms with Crippen molar-refractivity contribution in [2.24, 2.45) is 0 Å². The number of carbonyl (C=O) groups excluding carboxylic acids is 1. The zero-order valence-electron chi connectivity index (χ0n) is 11.6. The molecule has 5 heteroatoms. The van der Waals surface area contributed by atoms with E-state index in [0.717, 1.165) is 30.1 Å². The first-order chi connectivity index (χ1) is 9.06. The molecule has 0 unspecified atom stereocenters. The van der Waals surface area contributed by atoms with Crippen LogP contribution in [0.25, 0.3) is 0 Å². The first-order valence-electron chi connectivity index (χ1n) is 6.65. The second-order valence-corrected chi connectivity index (χ2v) is 6.14. The molecule has 1 aliphatic heterocycles. The number of nitrogens with zero attached hydrogens (tertiary/aromatic N) is 2. The summed E-state index contributed by atoms with van der Waals surface area (Å²) in [5.41, 5.74) is 1.81. The molecule has 0 aromatic carbocycles. The molecule has 4 nitrogen and oxygen atoms in total. The fraction of sp³-hybridized carbons (Fsp3) is 0.571. The fourth-order valence-corrected chi connectivity index (χ4v) is 3.53. The van der Waals surface area contributed by atoms with Gasteiger partial charge in [-0.15, -0.1) is 11.3 Å². The summed E-state index contributed by atoms with van der Waals surface area (Å²) in [6.45, 7) is 8.05. The van der Waals surface area contributed by atoms with Gasteiger partial charge >= 0.3 is 0 Å². The van der Waals surface area contributed by atoms with Crippen molar-refractivity contribution in [1.29, 1.82) is 5.26 Å². The molecule has 0 radical (unpaired) electrons. The topological polar surface area (TPSA) is 56.1 Å². The van der Waals surface area contributed by atoms with E-state index in [1.165, 1.54) is 4.88 Å². The predicted octanol–water partition coefficient (Wildman–Crippen LogP) is 2.73. The summed E-state index contributed by atoms with van der Waals surface area (Å²) < 4.78 is 0. The van der Waals surface area contributed by atoms with Crippen molar-refractivity contribution in [3.63, 3.8) is 0 Å². The smallest absolute Gasteiger partial charge is 0.224 e. The summed E-state index contributed by atoms with van der Waals surface area (Å²) in [5.74, 6) is -0.0317. The number of hydrogen-bond acceptors (Lipinski definition) is 4. The number of hydrogen-bond donors (Lipinski definition) is 1. The van der Waals surface area contributed by atoms with Gasteiger partial charge in [0.1, 0.15) is 11.1 Å². The average Bonchev–Trinajstić information content (AvgIpc) is 2.74. The van der Waals surface area contributed by atoms with Gasteiger partial charge in [-0.2, -0.15) is 5.26 Å². The zero-order valence-corrected chi connectivity index (χ0v) is 12.4. The van der Waals surface area contributed by atoms with Gasteiger partial charge in [-0.1, -0.05) is 6.92 Å². The Balaban J connectivity index is 2.30. The standard InChI is InChI=1S/C14H19N3OS/c1-4-13(18)16-14-11(7-15)10-5-6-17(9(2)3)8-12(10)19-14/h9H,4-6,8H2,1-3H3,(H,16,18). The third-order valence-corrected chi connectivity index (χ3v) is 4.63. The monoisotopic (exact) mass is 277 g/mol. The van der Waals surface area contributed by atoms with Gasteiger partial charge in [-0.05, 0) is 25.8 Å². The van der Waals surface area contributed by atoms with E-state index in [2.05, 4.69) is 30.1 Å². The van der Waals surface area contributed by atoms with Crippen molar-refractivity contribution in [3.8, 4) is 6.07 Å². The van der Waals surface area contributed by atoms with E-state index in [4.69, 9.17) is 0 Å². The van der Waals surface area contributed by atoms with Crippen molar-refractivity contribution >= 4 is 22.2 Å². The average molecular weight is 277 g/mol. The Morgan fingerprint density at radius 2 is 2.32 bits per heavy atom. The third kappa shape index (κ3) is 2.80. The maximum Gasteiger partial charge on any atom is 0.224 e. The SMILES string of the molecule is CCC(=O)Nc1sc2c(c1C#N)CCN(C(C)C)C2. The van der Waals surface area contributed by atoms with Crippen LogP contribution in [-0.2, 0) is 17.8 Å². The minimum Gasteiger partial charge on any atom is -0.317 e. The number of nitrogens with one attached hydrogen (secondary N) is 1. The molecule has 1 amide bonds. The highest BCUT2D eigenvalue weighted by Crippen LogP contribution is 2.37. The van der Waals surface area contributed by atoms with Gasteiger partial charge in [-0.3, -0.25) is 9.69 Å². The summed E-state index contributed by atoms with van der Waals surface area (Å²) in [7, 11) is 0. The van der Waals surface area contributed by atoms with Gasteiger partial charge in [0.2, 0.25) is 5.91 Å². The molecule has 0 spiro atoms. The Labute approximate surface area is 118 Å². The molecule has 2 heterocycles. The van der Waals surface area contributed by atoms with Crippen LogP contribution in [0.1, 0.15) is 43.2 Å². The van der Waals surface area contributed by atoms with Crippen LogP contribution >= 0.6 is 11.3 Å². The number of thiophene rings is 1. The van der Waals surface area contributed by atoms with Gasteiger partial charge in [0, 0.05) is 30.4 Å². The molecule has 0 fully saturated rings. The summed E-state index contributed by atoms with van der Waals surface area (Å²) in [5, 5.41) is 12.9. The van der Waals surface area contributed by atoms with E-state index >= 15 is 0 Å². The van der Waals surface area contributed by atoms with Crippen LogP contribution in [0.4, 0.5) is 5.00 Å². The minimum absolute atomic E-state index is 0.0317. The summed E-state index contributed by atoms with van der Waals surface area (Å²) >= 11 is 1.56. The molecule has 1 N–H and O–H groups in total. The molecular weight excluding hydrogens is 258 g/mol. The predicted molar refractivity (Wildman–Crippen MR) is 77.2 cm³/mol. The minimum atomic E-state index is -0.0317. The number of anilines is 1. The molecule has 2 rings (SSSR count). The molecule has 1 aromatic heterocycles. The molecule has 19 heavy (non-hydrogen) atoms. The van der Waals surface area contributed by atoms with Gasteiger partial charge in [0.05, 0.1) is 5.56 Å². The third-order valence-electron chi connectivity index (χ3n) is 3.50. The van der Waals surface area contributed by atoms with Gasteiger partial charge in [0.15, 0.2) is 0 Å². The van der Waals surface area contributed by atoms with Crippen molar-refractivity contribution in [3.05, 3.63) is 16.0 Å². The van der Waals surface area contributed by atoms with Crippen molar-refractivity contribution in [2.45, 2.75) is 46.2 Å². The second-order valence-electron chi connectivity index (χ2n) is 5.04. The van der Waals surface area contributed by atoms with Crippen LogP contribution in [-0.4, -0.2) is 23.4 Å². The van der Waals surface area contributed by atoms with Crippen LogP contribution in [0.2, 0.25) is 0 Å². The molecule has 1 aliphatic rings. The molecule has 0 saturated carbocycles. The first-order valence-corrected chi connectivity index (χ1v) is 7.47. The first kappa shape index (κ1) is 14.0. The largest absolute Gasteiger partial charge is 0.317 e. The van der Waals surface area contributed by atoms with E-state index in [9.17, 15) is 10.1 Å². The molecule has 0 aliphatic carbocycles. The van der Waals surface area contributed by atoms with E-state index < -0.39 is 0 Å².